The molecule has 0 spiro atoms. The highest BCUT2D eigenvalue weighted by molar-refractivity contribution is 9.10. The number of aromatic amines is 1. The Bertz CT molecular complexity index is 513. The van der Waals surface area contributed by atoms with Crippen LogP contribution in [0, 0.1) is 0 Å². The fraction of sp³-hybridized carbons (Fsp3) is 0.308. The van der Waals surface area contributed by atoms with Crippen LogP contribution < -0.4 is 0 Å². The molecule has 0 aliphatic carbocycles. The summed E-state index contributed by atoms with van der Waals surface area (Å²) in [5.41, 5.74) is 3.93. The Hall–Kier alpha value is -1.29. The molecule has 2 aromatic rings. The number of aromatic nitrogens is 2. The van der Waals surface area contributed by atoms with Crippen LogP contribution in [0.3, 0.4) is 0 Å². The van der Waals surface area contributed by atoms with Crippen molar-refractivity contribution in [2.24, 2.45) is 0 Å². The lowest BCUT2D eigenvalue weighted by Gasteiger charge is -2.07. The Labute approximate surface area is 109 Å². The standard InChI is InChI=1S/C13H15BrN2O/c1-3-10-13(11(4-2)16-15-10)9-7-8(14)5-6-12(9)17/h5-7,17H,3-4H2,1-2H3,(H,15,16). The van der Waals surface area contributed by atoms with Crippen molar-refractivity contribution >= 4 is 15.9 Å². The Morgan fingerprint density at radius 2 is 2.06 bits per heavy atom. The largest absolute Gasteiger partial charge is 0.507 e. The maximum atomic E-state index is 9.98. The van der Waals surface area contributed by atoms with Gasteiger partial charge in [-0.3, -0.25) is 5.10 Å². The molecule has 3 nitrogen and oxygen atoms in total. The number of nitrogens with one attached hydrogen (secondary N) is 1. The molecule has 2 N–H and O–H groups in total. The predicted molar refractivity (Wildman–Crippen MR) is 72.1 cm³/mol. The summed E-state index contributed by atoms with van der Waals surface area (Å²) >= 11 is 3.43. The summed E-state index contributed by atoms with van der Waals surface area (Å²) in [6, 6.07) is 5.46. The van der Waals surface area contributed by atoms with Gasteiger partial charge in [-0.25, -0.2) is 0 Å². The van der Waals surface area contributed by atoms with Crippen LogP contribution in [0.4, 0.5) is 0 Å². The van der Waals surface area contributed by atoms with Crippen molar-refractivity contribution in [3.63, 3.8) is 0 Å². The van der Waals surface area contributed by atoms with Gasteiger partial charge in [-0.2, -0.15) is 5.10 Å². The number of nitrogens with zero attached hydrogens (tertiary/aromatic N) is 1. The first kappa shape index (κ1) is 12.2. The van der Waals surface area contributed by atoms with Crippen molar-refractivity contribution < 1.29 is 5.11 Å². The average molecular weight is 295 g/mol. The average Bonchev–Trinajstić information content (AvgIpc) is 2.74. The molecule has 0 aliphatic heterocycles. The van der Waals surface area contributed by atoms with Crippen LogP contribution in [0.1, 0.15) is 25.2 Å². The van der Waals surface area contributed by atoms with Crippen molar-refractivity contribution in [2.75, 3.05) is 0 Å². The van der Waals surface area contributed by atoms with E-state index in [9.17, 15) is 5.11 Å². The first-order valence-electron chi connectivity index (χ1n) is 5.72. The number of aryl methyl sites for hydroxylation is 2. The van der Waals surface area contributed by atoms with Gasteiger partial charge < -0.3 is 5.11 Å². The second kappa shape index (κ2) is 4.92. The summed E-state index contributed by atoms with van der Waals surface area (Å²) in [5.74, 6) is 0.291. The SMILES string of the molecule is CCc1n[nH]c(CC)c1-c1cc(Br)ccc1O. The lowest BCUT2D eigenvalue weighted by molar-refractivity contribution is 0.477. The Balaban J connectivity index is 2.65. The summed E-state index contributed by atoms with van der Waals surface area (Å²) in [5, 5.41) is 17.3. The summed E-state index contributed by atoms with van der Waals surface area (Å²) in [6.45, 7) is 4.14. The summed E-state index contributed by atoms with van der Waals surface area (Å²) in [7, 11) is 0. The van der Waals surface area contributed by atoms with Crippen LogP contribution in [-0.4, -0.2) is 15.3 Å². The molecular formula is C13H15BrN2O. The van der Waals surface area contributed by atoms with E-state index in [1.165, 1.54) is 0 Å². The van der Waals surface area contributed by atoms with E-state index in [4.69, 9.17) is 0 Å². The van der Waals surface area contributed by atoms with E-state index in [1.807, 2.05) is 12.1 Å². The minimum absolute atomic E-state index is 0.291. The van der Waals surface area contributed by atoms with Crippen LogP contribution in [0.5, 0.6) is 5.75 Å². The number of hydrogen-bond acceptors (Lipinski definition) is 2. The van der Waals surface area contributed by atoms with E-state index < -0.39 is 0 Å². The van der Waals surface area contributed by atoms with Crippen molar-refractivity contribution in [3.8, 4) is 16.9 Å². The Morgan fingerprint density at radius 1 is 1.29 bits per heavy atom. The molecule has 0 unspecified atom stereocenters. The quantitative estimate of drug-likeness (QED) is 0.907. The van der Waals surface area contributed by atoms with Crippen molar-refractivity contribution in [1.82, 2.24) is 10.2 Å². The molecule has 0 saturated carbocycles. The number of phenols is 1. The molecule has 4 heteroatoms. The Kier molecular flexibility index (Phi) is 3.52. The van der Waals surface area contributed by atoms with Gasteiger partial charge >= 0.3 is 0 Å². The fourth-order valence-electron chi connectivity index (χ4n) is 1.96. The zero-order valence-electron chi connectivity index (χ0n) is 9.92. The van der Waals surface area contributed by atoms with Crippen molar-refractivity contribution in [2.45, 2.75) is 26.7 Å². The highest BCUT2D eigenvalue weighted by Crippen LogP contribution is 2.35. The number of phenolic OH excluding ortho intramolecular Hbond substituents is 1. The minimum Gasteiger partial charge on any atom is -0.507 e. The Morgan fingerprint density at radius 3 is 2.71 bits per heavy atom. The highest BCUT2D eigenvalue weighted by atomic mass is 79.9. The molecule has 0 atom stereocenters. The lowest BCUT2D eigenvalue weighted by atomic mass is 10.00. The van der Waals surface area contributed by atoms with Crippen LogP contribution in [0.25, 0.3) is 11.1 Å². The molecule has 90 valence electrons. The van der Waals surface area contributed by atoms with E-state index in [0.29, 0.717) is 5.75 Å². The van der Waals surface area contributed by atoms with E-state index in [0.717, 1.165) is 39.8 Å². The first-order chi connectivity index (χ1) is 8.17. The zero-order chi connectivity index (χ0) is 12.4. The third-order valence-corrected chi connectivity index (χ3v) is 3.33. The summed E-state index contributed by atoms with van der Waals surface area (Å²) in [6.07, 6.45) is 1.71. The van der Waals surface area contributed by atoms with Gasteiger partial charge in [0.05, 0.1) is 5.69 Å². The third kappa shape index (κ3) is 2.22. The molecule has 0 fully saturated rings. The predicted octanol–water partition coefficient (Wildman–Crippen LogP) is 3.67. The van der Waals surface area contributed by atoms with Crippen molar-refractivity contribution in [1.29, 1.82) is 0 Å². The molecule has 0 radical (unpaired) electrons. The number of halogens is 1. The first-order valence-corrected chi connectivity index (χ1v) is 6.51. The van der Waals surface area contributed by atoms with E-state index in [1.54, 1.807) is 6.07 Å². The van der Waals surface area contributed by atoms with Gasteiger partial charge in [0.2, 0.25) is 0 Å². The zero-order valence-corrected chi connectivity index (χ0v) is 11.5. The van der Waals surface area contributed by atoms with Gasteiger partial charge in [-0.05, 0) is 31.0 Å². The molecular weight excluding hydrogens is 280 g/mol. The second-order valence-electron chi connectivity index (χ2n) is 3.89. The number of hydrogen-bond donors (Lipinski definition) is 2. The van der Waals surface area contributed by atoms with Crippen LogP contribution in [0.15, 0.2) is 22.7 Å². The fourth-order valence-corrected chi connectivity index (χ4v) is 2.32. The topological polar surface area (TPSA) is 48.9 Å². The molecule has 1 aromatic heterocycles. The maximum Gasteiger partial charge on any atom is 0.123 e. The number of aromatic hydroxyl groups is 1. The second-order valence-corrected chi connectivity index (χ2v) is 4.81. The number of benzene rings is 1. The molecule has 0 bridgehead atoms. The normalized spacial score (nSPS) is 10.8. The smallest absolute Gasteiger partial charge is 0.123 e. The monoisotopic (exact) mass is 294 g/mol. The van der Waals surface area contributed by atoms with E-state index in [-0.39, 0.29) is 0 Å². The van der Waals surface area contributed by atoms with Crippen LogP contribution in [-0.2, 0) is 12.8 Å². The van der Waals surface area contributed by atoms with Crippen molar-refractivity contribution in [3.05, 3.63) is 34.1 Å². The number of rotatable bonds is 3. The van der Waals surface area contributed by atoms with Gasteiger partial charge in [0.25, 0.3) is 0 Å². The number of H-pyrrole nitrogens is 1. The molecule has 17 heavy (non-hydrogen) atoms. The molecule has 0 amide bonds. The molecule has 2 rings (SSSR count). The molecule has 1 aromatic carbocycles. The minimum atomic E-state index is 0.291. The van der Waals surface area contributed by atoms with Gasteiger partial charge in [-0.1, -0.05) is 29.8 Å². The summed E-state index contributed by atoms with van der Waals surface area (Å²) < 4.78 is 0.954. The van der Waals surface area contributed by atoms with Crippen LogP contribution >= 0.6 is 15.9 Å². The molecule has 1 heterocycles. The van der Waals surface area contributed by atoms with E-state index >= 15 is 0 Å². The van der Waals surface area contributed by atoms with Gasteiger partial charge in [0.1, 0.15) is 5.75 Å². The van der Waals surface area contributed by atoms with E-state index in [2.05, 4.69) is 40.0 Å². The third-order valence-electron chi connectivity index (χ3n) is 2.83. The maximum absolute atomic E-state index is 9.98. The van der Waals surface area contributed by atoms with Gasteiger partial charge in [0.15, 0.2) is 0 Å². The highest BCUT2D eigenvalue weighted by Gasteiger charge is 2.16. The van der Waals surface area contributed by atoms with Crippen LogP contribution in [0.2, 0.25) is 0 Å². The molecule has 0 aliphatic rings. The van der Waals surface area contributed by atoms with Gasteiger partial charge in [0, 0.05) is 21.3 Å². The lowest BCUT2D eigenvalue weighted by Crippen LogP contribution is -1.89. The molecule has 0 saturated heterocycles. The summed E-state index contributed by atoms with van der Waals surface area (Å²) in [4.78, 5) is 0. The van der Waals surface area contributed by atoms with Gasteiger partial charge in [-0.15, -0.1) is 0 Å².